The number of ether oxygens (including phenoxy) is 1. The summed E-state index contributed by atoms with van der Waals surface area (Å²) in [5.74, 6) is 4.06. The number of carbonyl (C=O) groups excluding carboxylic acids is 1. The lowest BCUT2D eigenvalue weighted by Crippen LogP contribution is -2.51. The molecule has 0 radical (unpaired) electrons. The second-order valence-electron chi connectivity index (χ2n) is 13.6. The standard InChI is InChI=1S/C31H51NO4/c1-20(2)7-6-8-21(3)25-11-12-26-24-10-9-22-19-23(36-29(35)32-18-15-28(33)34)13-16-30(22,4)27(24)14-17-31(25,26)5/h9,20-21,23-27H,6-8,10-19H2,1-5H3,(H,32,35)(H,33,34). The Labute approximate surface area is 219 Å². The largest absolute Gasteiger partial charge is 0.481 e. The van der Waals surface area contributed by atoms with E-state index >= 15 is 0 Å². The van der Waals surface area contributed by atoms with E-state index in [4.69, 9.17) is 9.84 Å². The van der Waals surface area contributed by atoms with Gasteiger partial charge in [0.2, 0.25) is 0 Å². The number of hydrogen-bond donors (Lipinski definition) is 2. The normalized spacial score (nSPS) is 38.4. The van der Waals surface area contributed by atoms with Crippen LogP contribution in [-0.2, 0) is 9.53 Å². The number of carbonyl (C=O) groups is 2. The summed E-state index contributed by atoms with van der Waals surface area (Å²) >= 11 is 0. The van der Waals surface area contributed by atoms with Gasteiger partial charge in [-0.1, -0.05) is 65.5 Å². The molecule has 3 fully saturated rings. The lowest BCUT2D eigenvalue weighted by atomic mass is 9.47. The highest BCUT2D eigenvalue weighted by molar-refractivity contribution is 5.70. The van der Waals surface area contributed by atoms with Gasteiger partial charge in [-0.3, -0.25) is 4.79 Å². The summed E-state index contributed by atoms with van der Waals surface area (Å²) in [7, 11) is 0. The minimum atomic E-state index is -0.914. The predicted octanol–water partition coefficient (Wildman–Crippen LogP) is 7.60. The monoisotopic (exact) mass is 501 g/mol. The fourth-order valence-corrected chi connectivity index (χ4v) is 9.22. The zero-order valence-electron chi connectivity index (χ0n) is 23.5. The lowest BCUT2D eigenvalue weighted by Gasteiger charge is -2.58. The average Bonchev–Trinajstić information content (AvgIpc) is 3.16. The molecule has 0 aliphatic heterocycles. The van der Waals surface area contributed by atoms with Crippen molar-refractivity contribution in [1.82, 2.24) is 5.32 Å². The molecule has 5 nitrogen and oxygen atoms in total. The van der Waals surface area contributed by atoms with Gasteiger partial charge in [-0.2, -0.15) is 0 Å². The molecule has 0 saturated heterocycles. The molecule has 0 aromatic carbocycles. The van der Waals surface area contributed by atoms with Gasteiger partial charge in [0, 0.05) is 13.0 Å². The van der Waals surface area contributed by atoms with Gasteiger partial charge in [0.25, 0.3) is 0 Å². The van der Waals surface area contributed by atoms with Gasteiger partial charge in [-0.15, -0.1) is 0 Å². The summed E-state index contributed by atoms with van der Waals surface area (Å²) in [6.07, 6.45) is 15.6. The molecule has 4 rings (SSSR count). The lowest BCUT2D eigenvalue weighted by molar-refractivity contribution is -0.136. The molecule has 0 heterocycles. The van der Waals surface area contributed by atoms with Crippen molar-refractivity contribution in [2.24, 2.45) is 46.3 Å². The molecule has 36 heavy (non-hydrogen) atoms. The Morgan fingerprint density at radius 2 is 1.86 bits per heavy atom. The van der Waals surface area contributed by atoms with E-state index in [0.29, 0.717) is 5.41 Å². The molecular formula is C31H51NO4. The van der Waals surface area contributed by atoms with E-state index in [1.807, 2.05) is 0 Å². The first-order chi connectivity index (χ1) is 17.0. The van der Waals surface area contributed by atoms with Crippen molar-refractivity contribution < 1.29 is 19.4 Å². The minimum absolute atomic E-state index is 0.0796. The molecule has 1 amide bonds. The number of nitrogens with one attached hydrogen (secondary N) is 1. The third-order valence-electron chi connectivity index (χ3n) is 11.1. The molecule has 4 aliphatic carbocycles. The Balaban J connectivity index is 1.38. The summed E-state index contributed by atoms with van der Waals surface area (Å²) in [6.45, 7) is 12.5. The van der Waals surface area contributed by atoms with Crippen molar-refractivity contribution in [3.05, 3.63) is 11.6 Å². The van der Waals surface area contributed by atoms with Crippen LogP contribution in [0.5, 0.6) is 0 Å². The number of allylic oxidation sites excluding steroid dienone is 1. The van der Waals surface area contributed by atoms with Gasteiger partial charge >= 0.3 is 12.1 Å². The second kappa shape index (κ2) is 11.1. The van der Waals surface area contributed by atoms with E-state index in [9.17, 15) is 9.59 Å². The number of fused-ring (bicyclic) bond motifs is 5. The number of amides is 1. The zero-order valence-corrected chi connectivity index (χ0v) is 23.5. The van der Waals surface area contributed by atoms with E-state index < -0.39 is 12.1 Å². The molecule has 0 spiro atoms. The van der Waals surface area contributed by atoms with Gasteiger partial charge in [-0.05, 0) is 91.3 Å². The zero-order chi connectivity index (χ0) is 26.1. The van der Waals surface area contributed by atoms with Crippen LogP contribution in [0, 0.1) is 46.3 Å². The Hall–Kier alpha value is -1.52. The van der Waals surface area contributed by atoms with Gasteiger partial charge in [0.15, 0.2) is 0 Å². The minimum Gasteiger partial charge on any atom is -0.481 e. The van der Waals surface area contributed by atoms with Crippen LogP contribution in [0.25, 0.3) is 0 Å². The van der Waals surface area contributed by atoms with E-state index in [1.165, 1.54) is 56.9 Å². The van der Waals surface area contributed by atoms with Crippen LogP contribution < -0.4 is 5.32 Å². The van der Waals surface area contributed by atoms with Gasteiger partial charge in [-0.25, -0.2) is 4.79 Å². The molecular weight excluding hydrogens is 450 g/mol. The Morgan fingerprint density at radius 3 is 2.58 bits per heavy atom. The van der Waals surface area contributed by atoms with Gasteiger partial charge in [0.05, 0.1) is 6.42 Å². The summed E-state index contributed by atoms with van der Waals surface area (Å²) in [5.41, 5.74) is 2.26. The molecule has 3 saturated carbocycles. The maximum atomic E-state index is 12.2. The van der Waals surface area contributed by atoms with Crippen molar-refractivity contribution in [2.45, 2.75) is 118 Å². The molecule has 204 valence electrons. The highest BCUT2D eigenvalue weighted by Crippen LogP contribution is 2.67. The third kappa shape index (κ3) is 5.50. The number of hydrogen-bond acceptors (Lipinski definition) is 3. The Bertz CT molecular complexity index is 836. The summed E-state index contributed by atoms with van der Waals surface area (Å²) in [5, 5.41) is 11.4. The molecule has 0 bridgehead atoms. The molecule has 2 N–H and O–H groups in total. The van der Waals surface area contributed by atoms with E-state index in [-0.39, 0.29) is 24.5 Å². The highest BCUT2D eigenvalue weighted by Gasteiger charge is 2.59. The van der Waals surface area contributed by atoms with E-state index in [2.05, 4.69) is 46.0 Å². The summed E-state index contributed by atoms with van der Waals surface area (Å²) in [6, 6.07) is 0. The third-order valence-corrected chi connectivity index (χ3v) is 11.1. The number of aliphatic carboxylic acids is 1. The van der Waals surface area contributed by atoms with Crippen LogP contribution in [0.15, 0.2) is 11.6 Å². The second-order valence-corrected chi connectivity index (χ2v) is 13.6. The van der Waals surface area contributed by atoms with Crippen molar-refractivity contribution in [3.8, 4) is 0 Å². The van der Waals surface area contributed by atoms with Crippen LogP contribution in [0.1, 0.15) is 112 Å². The summed E-state index contributed by atoms with van der Waals surface area (Å²) in [4.78, 5) is 22.8. The Kier molecular flexibility index (Phi) is 8.46. The molecule has 8 unspecified atom stereocenters. The van der Waals surface area contributed by atoms with Gasteiger partial charge < -0.3 is 15.2 Å². The highest BCUT2D eigenvalue weighted by atomic mass is 16.6. The van der Waals surface area contributed by atoms with Crippen LogP contribution in [0.2, 0.25) is 0 Å². The fraction of sp³-hybridized carbons (Fsp3) is 0.871. The quantitative estimate of drug-likeness (QED) is 0.319. The SMILES string of the molecule is CC(C)CCCC(C)C1CCC2C3CC=C4CC(OC(=O)NCCC(=O)O)CCC4(C)C3CCC12C. The van der Waals surface area contributed by atoms with Crippen LogP contribution >= 0.6 is 0 Å². The number of rotatable bonds is 9. The van der Waals surface area contributed by atoms with E-state index in [0.717, 1.165) is 54.8 Å². The molecule has 8 atom stereocenters. The first-order valence-electron chi connectivity index (χ1n) is 14.9. The van der Waals surface area contributed by atoms with Crippen molar-refractivity contribution in [1.29, 1.82) is 0 Å². The van der Waals surface area contributed by atoms with Crippen LogP contribution in [0.4, 0.5) is 4.79 Å². The predicted molar refractivity (Wildman–Crippen MR) is 144 cm³/mol. The number of carboxylic acids is 1. The van der Waals surface area contributed by atoms with Crippen molar-refractivity contribution in [2.75, 3.05) is 6.54 Å². The summed E-state index contributed by atoms with van der Waals surface area (Å²) < 4.78 is 5.69. The van der Waals surface area contributed by atoms with Gasteiger partial charge in [0.1, 0.15) is 6.10 Å². The first kappa shape index (κ1) is 27.5. The maximum absolute atomic E-state index is 12.2. The fourth-order valence-electron chi connectivity index (χ4n) is 9.22. The first-order valence-corrected chi connectivity index (χ1v) is 14.9. The van der Waals surface area contributed by atoms with Crippen molar-refractivity contribution in [3.63, 3.8) is 0 Å². The maximum Gasteiger partial charge on any atom is 0.407 e. The molecule has 0 aromatic heterocycles. The number of carboxylic acid groups (broad SMARTS) is 1. The van der Waals surface area contributed by atoms with Crippen LogP contribution in [-0.4, -0.2) is 29.8 Å². The molecule has 5 heteroatoms. The smallest absolute Gasteiger partial charge is 0.407 e. The Morgan fingerprint density at radius 1 is 1.08 bits per heavy atom. The van der Waals surface area contributed by atoms with E-state index in [1.54, 1.807) is 0 Å². The van der Waals surface area contributed by atoms with Crippen molar-refractivity contribution >= 4 is 12.1 Å². The molecule has 4 aliphatic rings. The topological polar surface area (TPSA) is 75.6 Å². The number of alkyl carbamates (subject to hydrolysis) is 1. The van der Waals surface area contributed by atoms with Crippen LogP contribution in [0.3, 0.4) is 0 Å². The molecule has 0 aromatic rings. The average molecular weight is 502 g/mol.